The maximum absolute atomic E-state index is 12.4. The summed E-state index contributed by atoms with van der Waals surface area (Å²) in [5, 5.41) is 4.61. The van der Waals surface area contributed by atoms with E-state index >= 15 is 0 Å². The molecule has 8 heteroatoms. The topological polar surface area (TPSA) is 74.0 Å². The monoisotopic (exact) mass is 519 g/mol. The lowest BCUT2D eigenvalue weighted by Gasteiger charge is -2.36. The van der Waals surface area contributed by atoms with Gasteiger partial charge < -0.3 is 19.5 Å². The predicted molar refractivity (Wildman–Crippen MR) is 128 cm³/mol. The molecule has 0 radical (unpaired) electrons. The van der Waals surface area contributed by atoms with Crippen LogP contribution in [0.5, 0.6) is 0 Å². The second-order valence-electron chi connectivity index (χ2n) is 6.97. The van der Waals surface area contributed by atoms with Crippen molar-refractivity contribution >= 4 is 46.7 Å². The van der Waals surface area contributed by atoms with Gasteiger partial charge in [0.25, 0.3) is 5.91 Å². The van der Waals surface area contributed by atoms with Crippen LogP contribution in [0.25, 0.3) is 10.9 Å². The van der Waals surface area contributed by atoms with Gasteiger partial charge in [0.2, 0.25) is 0 Å². The number of nitrogens with one attached hydrogen (secondary N) is 1. The van der Waals surface area contributed by atoms with E-state index in [1.807, 2.05) is 17.2 Å². The average Bonchev–Trinajstić information content (AvgIpc) is 3.31. The Morgan fingerprint density at radius 2 is 1.87 bits per heavy atom. The number of carbonyl (C=O) groups is 1. The predicted octanol–water partition coefficient (Wildman–Crippen LogP) is 3.02. The van der Waals surface area contributed by atoms with Gasteiger partial charge >= 0.3 is 0 Å². The number of piperazine rings is 1. The van der Waals surface area contributed by atoms with Gasteiger partial charge in [0.1, 0.15) is 0 Å². The molecule has 1 amide bonds. The van der Waals surface area contributed by atoms with E-state index in [2.05, 4.69) is 44.5 Å². The molecular weight excluding hydrogens is 493 g/mol. The highest BCUT2D eigenvalue weighted by atomic mass is 127. The molecule has 4 rings (SSSR count). The Labute approximate surface area is 193 Å². The van der Waals surface area contributed by atoms with Crippen LogP contribution in [0.1, 0.15) is 16.1 Å². The molecule has 0 unspecified atom stereocenters. The van der Waals surface area contributed by atoms with Crippen molar-refractivity contribution in [1.82, 2.24) is 20.1 Å². The summed E-state index contributed by atoms with van der Waals surface area (Å²) in [6.07, 6.45) is 4.23. The van der Waals surface area contributed by atoms with Crippen LogP contribution in [-0.2, 0) is 6.42 Å². The number of nitrogens with zero attached hydrogens (tertiary/aromatic N) is 4. The molecule has 1 aromatic carbocycles. The zero-order valence-corrected chi connectivity index (χ0v) is 19.3. The number of aromatic nitrogens is 1. The van der Waals surface area contributed by atoms with E-state index in [0.717, 1.165) is 42.9 Å². The summed E-state index contributed by atoms with van der Waals surface area (Å²) in [7, 11) is 1.79. The molecular formula is C22H26IN5O2. The number of hydrogen-bond acceptors (Lipinski definition) is 4. The van der Waals surface area contributed by atoms with Gasteiger partial charge in [-0.15, -0.1) is 24.0 Å². The number of aliphatic imine (C=N–C) groups is 1. The van der Waals surface area contributed by atoms with E-state index in [1.54, 1.807) is 19.2 Å². The van der Waals surface area contributed by atoms with Gasteiger partial charge in [-0.05, 0) is 30.2 Å². The molecule has 0 aliphatic carbocycles. The molecule has 1 N–H and O–H groups in total. The zero-order chi connectivity index (χ0) is 20.1. The van der Waals surface area contributed by atoms with E-state index in [1.165, 1.54) is 11.8 Å². The van der Waals surface area contributed by atoms with Gasteiger partial charge in [0.05, 0.1) is 11.8 Å². The Balaban J connectivity index is 0.00000256. The summed E-state index contributed by atoms with van der Waals surface area (Å²) < 4.78 is 5.22. The number of hydrogen-bond donors (Lipinski definition) is 1. The van der Waals surface area contributed by atoms with E-state index < -0.39 is 0 Å². The van der Waals surface area contributed by atoms with E-state index in [4.69, 9.17) is 4.42 Å². The molecule has 1 saturated heterocycles. The van der Waals surface area contributed by atoms with Crippen molar-refractivity contribution in [3.63, 3.8) is 0 Å². The lowest BCUT2D eigenvalue weighted by atomic mass is 10.1. The van der Waals surface area contributed by atoms with Crippen molar-refractivity contribution < 1.29 is 9.21 Å². The molecule has 0 spiro atoms. The van der Waals surface area contributed by atoms with Crippen molar-refractivity contribution in [3.05, 3.63) is 66.2 Å². The third kappa shape index (κ3) is 4.92. The number of guanidine groups is 1. The van der Waals surface area contributed by atoms with Gasteiger partial charge in [0, 0.05) is 51.4 Å². The number of rotatable bonds is 4. The lowest BCUT2D eigenvalue weighted by Crippen LogP contribution is -2.54. The fourth-order valence-corrected chi connectivity index (χ4v) is 3.69. The normalized spacial score (nSPS) is 14.5. The second kappa shape index (κ2) is 10.4. The van der Waals surface area contributed by atoms with E-state index in [9.17, 15) is 4.79 Å². The molecule has 0 bridgehead atoms. The summed E-state index contributed by atoms with van der Waals surface area (Å²) in [4.78, 5) is 25.4. The summed E-state index contributed by atoms with van der Waals surface area (Å²) in [5.74, 6) is 1.20. The SMILES string of the molecule is CN=C(NCCc1cccc2cccnc12)N1CCN(C(=O)c2ccco2)CC1.I. The molecule has 3 heterocycles. The molecule has 1 aliphatic heterocycles. The quantitative estimate of drug-likeness (QED) is 0.326. The lowest BCUT2D eigenvalue weighted by molar-refractivity contribution is 0.0658. The van der Waals surface area contributed by atoms with Crippen LogP contribution in [0.2, 0.25) is 0 Å². The number of halogens is 1. The van der Waals surface area contributed by atoms with Crippen LogP contribution < -0.4 is 5.32 Å². The van der Waals surface area contributed by atoms with Gasteiger partial charge in [-0.1, -0.05) is 24.3 Å². The first-order chi connectivity index (χ1) is 14.3. The molecule has 0 atom stereocenters. The summed E-state index contributed by atoms with van der Waals surface area (Å²) in [5.41, 5.74) is 2.27. The smallest absolute Gasteiger partial charge is 0.289 e. The van der Waals surface area contributed by atoms with E-state index in [0.29, 0.717) is 18.8 Å². The van der Waals surface area contributed by atoms with Crippen LogP contribution in [0.15, 0.2) is 64.3 Å². The van der Waals surface area contributed by atoms with Crippen molar-refractivity contribution in [1.29, 1.82) is 0 Å². The molecule has 7 nitrogen and oxygen atoms in total. The van der Waals surface area contributed by atoms with Gasteiger partial charge in [0.15, 0.2) is 11.7 Å². The van der Waals surface area contributed by atoms with Crippen molar-refractivity contribution in [3.8, 4) is 0 Å². The fraction of sp³-hybridized carbons (Fsp3) is 0.318. The van der Waals surface area contributed by atoms with Crippen LogP contribution in [0.4, 0.5) is 0 Å². The number of furan rings is 1. The first kappa shape index (κ1) is 22.1. The molecule has 0 saturated carbocycles. The Morgan fingerprint density at radius 1 is 1.10 bits per heavy atom. The molecule has 1 aliphatic rings. The Morgan fingerprint density at radius 3 is 2.60 bits per heavy atom. The van der Waals surface area contributed by atoms with E-state index in [-0.39, 0.29) is 29.9 Å². The van der Waals surface area contributed by atoms with Crippen LogP contribution in [0.3, 0.4) is 0 Å². The number of para-hydroxylation sites is 1. The number of benzene rings is 1. The first-order valence-electron chi connectivity index (χ1n) is 9.87. The van der Waals surface area contributed by atoms with Crippen LogP contribution >= 0.6 is 24.0 Å². The molecule has 30 heavy (non-hydrogen) atoms. The fourth-order valence-electron chi connectivity index (χ4n) is 3.69. The summed E-state index contributed by atoms with van der Waals surface area (Å²) >= 11 is 0. The summed E-state index contributed by atoms with van der Waals surface area (Å²) in [6.45, 7) is 3.54. The van der Waals surface area contributed by atoms with Crippen LogP contribution in [-0.4, -0.2) is 66.4 Å². The Hall–Kier alpha value is -2.62. The highest BCUT2D eigenvalue weighted by Crippen LogP contribution is 2.16. The minimum Gasteiger partial charge on any atom is -0.459 e. The maximum atomic E-state index is 12.4. The highest BCUT2D eigenvalue weighted by molar-refractivity contribution is 14.0. The third-order valence-corrected chi connectivity index (χ3v) is 5.20. The van der Waals surface area contributed by atoms with Gasteiger partial charge in [-0.2, -0.15) is 0 Å². The minimum absolute atomic E-state index is 0. The number of carbonyl (C=O) groups excluding carboxylic acids is 1. The number of pyridine rings is 1. The maximum Gasteiger partial charge on any atom is 0.289 e. The Bertz CT molecular complexity index is 992. The molecule has 3 aromatic rings. The average molecular weight is 519 g/mol. The highest BCUT2D eigenvalue weighted by Gasteiger charge is 2.25. The van der Waals surface area contributed by atoms with Crippen molar-refractivity contribution in [2.45, 2.75) is 6.42 Å². The number of fused-ring (bicyclic) bond motifs is 1. The first-order valence-corrected chi connectivity index (χ1v) is 9.87. The standard InChI is InChI=1S/C22H25N5O2.HI/c1-23-22(25-11-9-18-6-2-5-17-7-3-10-24-20(17)18)27-14-12-26(13-15-27)21(28)19-8-4-16-29-19;/h2-8,10,16H,9,11-15H2,1H3,(H,23,25);1H. The zero-order valence-electron chi connectivity index (χ0n) is 17.0. The van der Waals surface area contributed by atoms with Crippen molar-refractivity contribution in [2.75, 3.05) is 39.8 Å². The number of amides is 1. The molecule has 2 aromatic heterocycles. The second-order valence-corrected chi connectivity index (χ2v) is 6.97. The van der Waals surface area contributed by atoms with Crippen LogP contribution in [0, 0.1) is 0 Å². The largest absolute Gasteiger partial charge is 0.459 e. The third-order valence-electron chi connectivity index (χ3n) is 5.20. The molecule has 1 fully saturated rings. The van der Waals surface area contributed by atoms with Gasteiger partial charge in [-0.3, -0.25) is 14.8 Å². The summed E-state index contributed by atoms with van der Waals surface area (Å²) in [6, 6.07) is 13.8. The molecule has 158 valence electrons. The minimum atomic E-state index is -0.0546. The van der Waals surface area contributed by atoms with Crippen molar-refractivity contribution in [2.24, 2.45) is 4.99 Å². The van der Waals surface area contributed by atoms with Gasteiger partial charge in [-0.25, -0.2) is 0 Å². The Kier molecular flexibility index (Phi) is 7.67.